The monoisotopic (exact) mass is 684 g/mol. The summed E-state index contributed by atoms with van der Waals surface area (Å²) in [5.74, 6) is 0.305. The van der Waals surface area contributed by atoms with Gasteiger partial charge in [-0.3, -0.25) is 0 Å². The molecule has 5 heteroatoms. The number of hydrogen-bond donors (Lipinski definition) is 3. The van der Waals surface area contributed by atoms with E-state index in [1.165, 1.54) is 16.7 Å². The van der Waals surface area contributed by atoms with Gasteiger partial charge >= 0.3 is 0 Å². The molecular weight excluding hydrogens is 649 g/mol. The molecule has 6 heterocycles. The molecule has 0 saturated heterocycles. The zero-order chi connectivity index (χ0) is 35.5. The maximum Gasteiger partial charge on any atom is 0.137 e. The molecule has 0 saturated carbocycles. The fourth-order valence-electron chi connectivity index (χ4n) is 7.61. The lowest BCUT2D eigenvalue weighted by Gasteiger charge is -2.09. The molecule has 254 valence electrons. The summed E-state index contributed by atoms with van der Waals surface area (Å²) in [5, 5.41) is 0. The average molecular weight is 685 g/mol. The smallest absolute Gasteiger partial charge is 0.137 e. The third kappa shape index (κ3) is 5.54. The number of benzene rings is 3. The zero-order valence-electron chi connectivity index (χ0n) is 29.4. The molecule has 10 bridgehead atoms. The van der Waals surface area contributed by atoms with Gasteiger partial charge in [-0.05, 0) is 96.8 Å². The van der Waals surface area contributed by atoms with E-state index >= 15 is 0 Å². The molecule has 5 nitrogen and oxygen atoms in total. The van der Waals surface area contributed by atoms with Crippen molar-refractivity contribution in [1.29, 1.82) is 0 Å². The Balaban J connectivity index is 1.30. The Morgan fingerprint density at radius 1 is 0.434 bits per heavy atom. The second kappa shape index (κ2) is 12.4. The first-order valence-electron chi connectivity index (χ1n) is 18.1. The minimum atomic E-state index is 0.305. The second-order valence-corrected chi connectivity index (χ2v) is 14.0. The predicted molar refractivity (Wildman–Crippen MR) is 221 cm³/mol. The molecule has 0 amide bonds. The molecule has 2 aliphatic rings. The number of nitrogens with zero attached hydrogens (tertiary/aromatic N) is 1. The van der Waals surface area contributed by atoms with Crippen molar-refractivity contribution in [3.8, 4) is 33.4 Å². The van der Waals surface area contributed by atoms with Crippen molar-refractivity contribution in [2.75, 3.05) is 0 Å². The van der Waals surface area contributed by atoms with Gasteiger partial charge in [0.25, 0.3) is 0 Å². The fraction of sp³-hybridized carbons (Fsp3) is 0.0625. The summed E-state index contributed by atoms with van der Waals surface area (Å²) in [6.45, 7) is 4.22. The summed E-state index contributed by atoms with van der Waals surface area (Å²) in [5.41, 5.74) is 19.1. The Labute approximate surface area is 306 Å². The van der Waals surface area contributed by atoms with E-state index in [2.05, 4.69) is 187 Å². The van der Waals surface area contributed by atoms with E-state index in [-0.39, 0.29) is 0 Å². The molecule has 3 N–H and O–H groups in total. The third-order valence-corrected chi connectivity index (χ3v) is 10.4. The van der Waals surface area contributed by atoms with Crippen molar-refractivity contribution >= 4 is 56.4 Å². The normalized spacial score (nSPS) is 13.2. The highest BCUT2D eigenvalue weighted by atomic mass is 16.3. The van der Waals surface area contributed by atoms with Gasteiger partial charge in [0.15, 0.2) is 0 Å². The topological polar surface area (TPSA) is 73.4 Å². The standard InChI is InChI=1S/C48H36N4O/c1-29-7-11-34(12-8-29)47-42-25-21-38(51-42)36-19-23-40(49-36)46(33-17-15-32(16-18-33)31-5-3-4-6-31)41-24-20-37(50-41)39-22-26-43(52-39)48(45-28-27-44(47)53-45)35-13-9-30(2)10-14-35/h3-28,31,49,51-52H,1-2H3. The lowest BCUT2D eigenvalue weighted by molar-refractivity contribution is 0.668. The Bertz CT molecular complexity index is 2930. The fourth-order valence-corrected chi connectivity index (χ4v) is 7.61. The summed E-state index contributed by atoms with van der Waals surface area (Å²) in [7, 11) is 0. The van der Waals surface area contributed by atoms with Gasteiger partial charge in [0.1, 0.15) is 11.2 Å². The van der Waals surface area contributed by atoms with E-state index < -0.39 is 0 Å². The van der Waals surface area contributed by atoms with E-state index in [9.17, 15) is 0 Å². The Morgan fingerprint density at radius 3 is 1.43 bits per heavy atom. The number of aromatic nitrogens is 4. The predicted octanol–water partition coefficient (Wildman–Crippen LogP) is 12.8. The van der Waals surface area contributed by atoms with Crippen LogP contribution in [0.15, 0.2) is 150 Å². The van der Waals surface area contributed by atoms with Gasteiger partial charge in [0.05, 0.1) is 39.0 Å². The lowest BCUT2D eigenvalue weighted by Crippen LogP contribution is -1.90. The summed E-state index contributed by atoms with van der Waals surface area (Å²) in [6, 6.07) is 43.1. The van der Waals surface area contributed by atoms with Gasteiger partial charge in [0.2, 0.25) is 0 Å². The van der Waals surface area contributed by atoms with Gasteiger partial charge in [0, 0.05) is 28.1 Å². The third-order valence-electron chi connectivity index (χ3n) is 10.4. The van der Waals surface area contributed by atoms with Crippen molar-refractivity contribution < 1.29 is 4.42 Å². The first-order valence-corrected chi connectivity index (χ1v) is 18.1. The molecule has 0 atom stereocenters. The van der Waals surface area contributed by atoms with Crippen LogP contribution in [-0.2, 0) is 0 Å². The highest BCUT2D eigenvalue weighted by molar-refractivity contribution is 5.99. The first-order chi connectivity index (χ1) is 26.0. The summed E-state index contributed by atoms with van der Waals surface area (Å²) >= 11 is 0. The zero-order valence-corrected chi connectivity index (χ0v) is 29.4. The average Bonchev–Trinajstić information content (AvgIpc) is 4.02. The molecule has 0 spiro atoms. The molecule has 1 aliphatic heterocycles. The van der Waals surface area contributed by atoms with Crippen molar-refractivity contribution in [1.82, 2.24) is 19.9 Å². The van der Waals surface area contributed by atoms with E-state index in [1.54, 1.807) is 0 Å². The number of H-pyrrole nitrogens is 3. The number of fused-ring (bicyclic) bond motifs is 12. The number of aromatic amines is 3. The highest BCUT2D eigenvalue weighted by Gasteiger charge is 2.16. The second-order valence-electron chi connectivity index (χ2n) is 14.0. The number of nitrogens with one attached hydrogen (secondary N) is 3. The van der Waals surface area contributed by atoms with Crippen molar-refractivity contribution in [3.05, 3.63) is 174 Å². The minimum Gasteiger partial charge on any atom is -0.456 e. The van der Waals surface area contributed by atoms with Crippen LogP contribution in [0.25, 0.3) is 89.8 Å². The highest BCUT2D eigenvalue weighted by Crippen LogP contribution is 2.37. The van der Waals surface area contributed by atoms with Crippen LogP contribution in [0.4, 0.5) is 0 Å². The van der Waals surface area contributed by atoms with E-state index in [4.69, 9.17) is 9.40 Å². The summed E-state index contributed by atoms with van der Waals surface area (Å²) in [4.78, 5) is 16.4. The van der Waals surface area contributed by atoms with E-state index in [0.717, 1.165) is 89.0 Å². The minimum absolute atomic E-state index is 0.305. The SMILES string of the molecule is Cc1ccc(-c2c3ccc([nH]3)c3nc(c(-c4ccc(C5C=CC=C5)cc4)c4ccc([nH]4)c4ccc([nH]4)c(-c4ccc(C)cc4)c4ccc2o4)C=C3)cc1. The van der Waals surface area contributed by atoms with Gasteiger partial charge in [-0.1, -0.05) is 108 Å². The van der Waals surface area contributed by atoms with Crippen LogP contribution in [-0.4, -0.2) is 19.9 Å². The first kappa shape index (κ1) is 30.9. The maximum atomic E-state index is 6.87. The molecule has 5 aromatic heterocycles. The van der Waals surface area contributed by atoms with E-state index in [0.29, 0.717) is 5.92 Å². The molecule has 8 aromatic rings. The van der Waals surface area contributed by atoms with E-state index in [1.807, 2.05) is 0 Å². The number of allylic oxidation sites excluding steroid dienone is 4. The van der Waals surface area contributed by atoms with Crippen LogP contribution in [0.2, 0.25) is 0 Å². The van der Waals surface area contributed by atoms with Gasteiger partial charge in [-0.15, -0.1) is 0 Å². The summed E-state index contributed by atoms with van der Waals surface area (Å²) < 4.78 is 6.87. The van der Waals surface area contributed by atoms with Gasteiger partial charge in [-0.25, -0.2) is 4.98 Å². The largest absolute Gasteiger partial charge is 0.456 e. The molecule has 1 aliphatic carbocycles. The van der Waals surface area contributed by atoms with Crippen LogP contribution in [0.1, 0.15) is 34.0 Å². The van der Waals surface area contributed by atoms with Crippen molar-refractivity contribution in [2.24, 2.45) is 0 Å². The molecule has 0 radical (unpaired) electrons. The van der Waals surface area contributed by atoms with Crippen LogP contribution >= 0.6 is 0 Å². The summed E-state index contributed by atoms with van der Waals surface area (Å²) in [6.07, 6.45) is 12.9. The van der Waals surface area contributed by atoms with Crippen LogP contribution in [0, 0.1) is 13.8 Å². The van der Waals surface area contributed by atoms with Gasteiger partial charge < -0.3 is 19.4 Å². The lowest BCUT2D eigenvalue weighted by atomic mass is 9.96. The number of rotatable bonds is 4. The molecule has 0 fully saturated rings. The van der Waals surface area contributed by atoms with Crippen LogP contribution in [0.3, 0.4) is 0 Å². The quantitative estimate of drug-likeness (QED) is 0.173. The molecule has 0 unspecified atom stereocenters. The van der Waals surface area contributed by atoms with Gasteiger partial charge in [-0.2, -0.15) is 0 Å². The maximum absolute atomic E-state index is 6.87. The molecule has 10 rings (SSSR count). The molecule has 53 heavy (non-hydrogen) atoms. The van der Waals surface area contributed by atoms with Crippen LogP contribution in [0.5, 0.6) is 0 Å². The van der Waals surface area contributed by atoms with Crippen molar-refractivity contribution in [3.63, 3.8) is 0 Å². The number of furan rings is 1. The Morgan fingerprint density at radius 2 is 0.868 bits per heavy atom. The van der Waals surface area contributed by atoms with Crippen LogP contribution < -0.4 is 0 Å². The Kier molecular flexibility index (Phi) is 7.25. The number of aryl methyl sites for hydroxylation is 2. The molecular formula is C48H36N4O. The Hall–Kier alpha value is -6.85. The van der Waals surface area contributed by atoms with Crippen molar-refractivity contribution in [2.45, 2.75) is 19.8 Å². The molecule has 3 aromatic carbocycles. The number of hydrogen-bond acceptors (Lipinski definition) is 2.